The predicted molar refractivity (Wildman–Crippen MR) is 71.8 cm³/mol. The minimum atomic E-state index is 0.341. The standard InChI is InChI=1S/C13H24BrNO/c1-11(2)15(9-5-8-14)13(16)10-12-6-3-4-7-12/h11-12H,3-10H2,1-2H3. The molecule has 0 radical (unpaired) electrons. The van der Waals surface area contributed by atoms with Crippen LogP contribution in [-0.4, -0.2) is 28.7 Å². The fourth-order valence-electron chi connectivity index (χ4n) is 2.48. The molecular weight excluding hydrogens is 266 g/mol. The van der Waals surface area contributed by atoms with E-state index in [2.05, 4.69) is 29.8 Å². The molecule has 1 saturated carbocycles. The molecule has 0 bridgehead atoms. The van der Waals surface area contributed by atoms with Crippen LogP contribution in [0.25, 0.3) is 0 Å². The minimum absolute atomic E-state index is 0.341. The van der Waals surface area contributed by atoms with Crippen LogP contribution in [0.1, 0.15) is 52.4 Å². The number of halogens is 1. The first-order valence-electron chi connectivity index (χ1n) is 6.50. The molecule has 0 aliphatic heterocycles. The molecule has 16 heavy (non-hydrogen) atoms. The molecule has 0 aromatic carbocycles. The van der Waals surface area contributed by atoms with Gasteiger partial charge in [0.15, 0.2) is 0 Å². The van der Waals surface area contributed by atoms with E-state index in [1.807, 2.05) is 4.90 Å². The van der Waals surface area contributed by atoms with Gasteiger partial charge < -0.3 is 4.90 Å². The molecule has 0 atom stereocenters. The summed E-state index contributed by atoms with van der Waals surface area (Å²) in [5.41, 5.74) is 0. The van der Waals surface area contributed by atoms with Crippen LogP contribution in [-0.2, 0) is 4.79 Å². The first-order chi connectivity index (χ1) is 7.65. The Hall–Kier alpha value is -0.0500. The van der Waals surface area contributed by atoms with Crippen LogP contribution in [0.2, 0.25) is 0 Å². The minimum Gasteiger partial charge on any atom is -0.340 e. The second kappa shape index (κ2) is 7.31. The van der Waals surface area contributed by atoms with Gasteiger partial charge in [0.2, 0.25) is 5.91 Å². The molecule has 0 aromatic rings. The molecule has 94 valence electrons. The molecule has 0 saturated heterocycles. The normalized spacial score (nSPS) is 17.0. The smallest absolute Gasteiger partial charge is 0.223 e. The SMILES string of the molecule is CC(C)N(CCCBr)C(=O)CC1CCCC1. The van der Waals surface area contributed by atoms with Gasteiger partial charge in [0, 0.05) is 24.3 Å². The molecule has 2 nitrogen and oxygen atoms in total. The molecule has 1 aliphatic carbocycles. The topological polar surface area (TPSA) is 20.3 Å². The molecule has 0 spiro atoms. The van der Waals surface area contributed by atoms with E-state index >= 15 is 0 Å². The third kappa shape index (κ3) is 4.44. The van der Waals surface area contributed by atoms with Gasteiger partial charge in [-0.1, -0.05) is 28.8 Å². The predicted octanol–water partition coefficient (Wildman–Crippen LogP) is 3.59. The fraction of sp³-hybridized carbons (Fsp3) is 0.923. The maximum atomic E-state index is 12.2. The van der Waals surface area contributed by atoms with Crippen molar-refractivity contribution in [2.75, 3.05) is 11.9 Å². The zero-order valence-corrected chi connectivity index (χ0v) is 12.1. The third-order valence-electron chi connectivity index (χ3n) is 3.41. The Balaban J connectivity index is 2.39. The van der Waals surface area contributed by atoms with Crippen LogP contribution in [0.4, 0.5) is 0 Å². The zero-order valence-electron chi connectivity index (χ0n) is 10.5. The summed E-state index contributed by atoms with van der Waals surface area (Å²) in [6.07, 6.45) is 6.99. The van der Waals surface area contributed by atoms with Crippen molar-refractivity contribution in [3.05, 3.63) is 0 Å². The summed E-state index contributed by atoms with van der Waals surface area (Å²) >= 11 is 3.43. The van der Waals surface area contributed by atoms with Gasteiger partial charge in [0.05, 0.1) is 0 Å². The van der Waals surface area contributed by atoms with Crippen molar-refractivity contribution in [3.8, 4) is 0 Å². The van der Waals surface area contributed by atoms with Crippen molar-refractivity contribution >= 4 is 21.8 Å². The van der Waals surface area contributed by atoms with Gasteiger partial charge in [-0.05, 0) is 39.0 Å². The van der Waals surface area contributed by atoms with Crippen LogP contribution < -0.4 is 0 Å². The van der Waals surface area contributed by atoms with E-state index in [1.54, 1.807) is 0 Å². The van der Waals surface area contributed by atoms with Crippen molar-refractivity contribution in [3.63, 3.8) is 0 Å². The first kappa shape index (κ1) is 14.0. The highest BCUT2D eigenvalue weighted by atomic mass is 79.9. The van der Waals surface area contributed by atoms with Crippen LogP contribution in [0.5, 0.6) is 0 Å². The van der Waals surface area contributed by atoms with Crippen LogP contribution in [0.15, 0.2) is 0 Å². The second-order valence-electron chi connectivity index (χ2n) is 5.08. The lowest BCUT2D eigenvalue weighted by molar-refractivity contribution is -0.133. The monoisotopic (exact) mass is 289 g/mol. The zero-order chi connectivity index (χ0) is 12.0. The Bertz CT molecular complexity index is 212. The molecule has 3 heteroatoms. The Morgan fingerprint density at radius 1 is 1.38 bits per heavy atom. The molecule has 1 aliphatic rings. The number of carbonyl (C=O) groups excluding carboxylic acids is 1. The Morgan fingerprint density at radius 2 is 2.00 bits per heavy atom. The average Bonchev–Trinajstić information content (AvgIpc) is 2.70. The van der Waals surface area contributed by atoms with Crippen molar-refractivity contribution in [1.82, 2.24) is 4.90 Å². The Morgan fingerprint density at radius 3 is 2.50 bits per heavy atom. The summed E-state index contributed by atoms with van der Waals surface area (Å²) in [7, 11) is 0. The van der Waals surface area contributed by atoms with E-state index in [0.29, 0.717) is 17.9 Å². The molecular formula is C13H24BrNO. The fourth-order valence-corrected chi connectivity index (χ4v) is 2.73. The lowest BCUT2D eigenvalue weighted by Crippen LogP contribution is -2.38. The molecule has 0 aromatic heterocycles. The molecule has 0 unspecified atom stereocenters. The molecule has 1 fully saturated rings. The summed E-state index contributed by atoms with van der Waals surface area (Å²) in [5, 5.41) is 0.979. The number of carbonyl (C=O) groups is 1. The summed E-state index contributed by atoms with van der Waals surface area (Å²) in [4.78, 5) is 14.2. The van der Waals surface area contributed by atoms with Crippen molar-refractivity contribution in [2.24, 2.45) is 5.92 Å². The highest BCUT2D eigenvalue weighted by Gasteiger charge is 2.23. The van der Waals surface area contributed by atoms with E-state index in [1.165, 1.54) is 25.7 Å². The molecule has 0 heterocycles. The summed E-state index contributed by atoms with van der Waals surface area (Å²) in [6.45, 7) is 5.12. The highest BCUT2D eigenvalue weighted by Crippen LogP contribution is 2.28. The maximum absolute atomic E-state index is 12.2. The lowest BCUT2D eigenvalue weighted by Gasteiger charge is -2.27. The Kier molecular flexibility index (Phi) is 6.40. The third-order valence-corrected chi connectivity index (χ3v) is 3.98. The van der Waals surface area contributed by atoms with Gasteiger partial charge in [-0.15, -0.1) is 0 Å². The number of nitrogens with zero attached hydrogens (tertiary/aromatic N) is 1. The highest BCUT2D eigenvalue weighted by molar-refractivity contribution is 9.09. The van der Waals surface area contributed by atoms with Crippen LogP contribution in [0.3, 0.4) is 0 Å². The molecule has 1 rings (SSSR count). The van der Waals surface area contributed by atoms with Crippen LogP contribution in [0, 0.1) is 5.92 Å². The van der Waals surface area contributed by atoms with Gasteiger partial charge in [0.1, 0.15) is 0 Å². The van der Waals surface area contributed by atoms with Gasteiger partial charge >= 0.3 is 0 Å². The largest absolute Gasteiger partial charge is 0.340 e. The first-order valence-corrected chi connectivity index (χ1v) is 7.62. The molecule has 0 N–H and O–H groups in total. The number of alkyl halides is 1. The number of hydrogen-bond acceptors (Lipinski definition) is 1. The van der Waals surface area contributed by atoms with Crippen molar-refractivity contribution < 1.29 is 4.79 Å². The van der Waals surface area contributed by atoms with Crippen molar-refractivity contribution in [1.29, 1.82) is 0 Å². The van der Waals surface area contributed by atoms with Gasteiger partial charge in [0.25, 0.3) is 0 Å². The van der Waals surface area contributed by atoms with E-state index < -0.39 is 0 Å². The average molecular weight is 290 g/mol. The summed E-state index contributed by atoms with van der Waals surface area (Å²) in [5.74, 6) is 1.03. The van der Waals surface area contributed by atoms with E-state index in [9.17, 15) is 4.79 Å². The van der Waals surface area contributed by atoms with Gasteiger partial charge in [-0.2, -0.15) is 0 Å². The quantitative estimate of drug-likeness (QED) is 0.685. The van der Waals surface area contributed by atoms with Crippen molar-refractivity contribution in [2.45, 2.75) is 58.4 Å². The van der Waals surface area contributed by atoms with E-state index in [0.717, 1.165) is 24.7 Å². The number of rotatable bonds is 6. The second-order valence-corrected chi connectivity index (χ2v) is 5.87. The summed E-state index contributed by atoms with van der Waals surface area (Å²) in [6, 6.07) is 0.341. The molecule has 1 amide bonds. The maximum Gasteiger partial charge on any atom is 0.223 e. The summed E-state index contributed by atoms with van der Waals surface area (Å²) < 4.78 is 0. The number of amides is 1. The van der Waals surface area contributed by atoms with E-state index in [4.69, 9.17) is 0 Å². The number of hydrogen-bond donors (Lipinski definition) is 0. The van der Waals surface area contributed by atoms with Gasteiger partial charge in [-0.3, -0.25) is 4.79 Å². The van der Waals surface area contributed by atoms with Crippen LogP contribution >= 0.6 is 15.9 Å². The van der Waals surface area contributed by atoms with E-state index in [-0.39, 0.29) is 0 Å². The Labute approximate surface area is 108 Å². The van der Waals surface area contributed by atoms with Gasteiger partial charge in [-0.25, -0.2) is 0 Å². The lowest BCUT2D eigenvalue weighted by atomic mass is 10.0.